The van der Waals surface area contributed by atoms with Crippen molar-refractivity contribution < 1.29 is 13.6 Å². The van der Waals surface area contributed by atoms with Crippen molar-refractivity contribution in [3.63, 3.8) is 0 Å². The number of halogens is 2. The molecule has 5 nitrogen and oxygen atoms in total. The van der Waals surface area contributed by atoms with E-state index in [0.29, 0.717) is 24.2 Å². The van der Waals surface area contributed by atoms with Crippen molar-refractivity contribution in [2.75, 3.05) is 13.6 Å². The van der Waals surface area contributed by atoms with E-state index in [1.54, 1.807) is 0 Å². The van der Waals surface area contributed by atoms with Gasteiger partial charge < -0.3 is 10.6 Å². The van der Waals surface area contributed by atoms with Gasteiger partial charge in [0.25, 0.3) is 0 Å². The largest absolute Gasteiger partial charge is 0.350 e. The fourth-order valence-corrected chi connectivity index (χ4v) is 2.61. The van der Waals surface area contributed by atoms with Crippen molar-refractivity contribution >= 4 is 6.03 Å². The maximum atomic E-state index is 13.4. The Morgan fingerprint density at radius 1 is 1.33 bits per heavy atom. The van der Waals surface area contributed by atoms with Crippen LogP contribution in [0.5, 0.6) is 0 Å². The molecule has 0 saturated heterocycles. The first-order valence-corrected chi connectivity index (χ1v) is 6.52. The van der Waals surface area contributed by atoms with Crippen LogP contribution in [0.2, 0.25) is 0 Å². The van der Waals surface area contributed by atoms with Crippen molar-refractivity contribution in [1.29, 1.82) is 0 Å². The summed E-state index contributed by atoms with van der Waals surface area (Å²) in [5.74, 6) is -1.86. The minimum Gasteiger partial charge on any atom is -0.350 e. The van der Waals surface area contributed by atoms with E-state index in [1.165, 1.54) is 6.07 Å². The third-order valence-corrected chi connectivity index (χ3v) is 3.65. The van der Waals surface area contributed by atoms with Gasteiger partial charge in [-0.2, -0.15) is 9.78 Å². The van der Waals surface area contributed by atoms with Crippen LogP contribution in [0.3, 0.4) is 0 Å². The molecule has 0 saturated carbocycles. The monoisotopic (exact) mass is 292 g/mol. The molecule has 0 spiro atoms. The molecule has 1 aliphatic heterocycles. The van der Waals surface area contributed by atoms with Gasteiger partial charge in [0.15, 0.2) is 11.6 Å². The van der Waals surface area contributed by atoms with Crippen LogP contribution >= 0.6 is 0 Å². The summed E-state index contributed by atoms with van der Waals surface area (Å²) in [6, 6.07) is 2.90. The number of aromatic nitrogens is 2. The lowest BCUT2D eigenvalue weighted by molar-refractivity contribution is 0.245. The van der Waals surface area contributed by atoms with Gasteiger partial charge in [0.1, 0.15) is 0 Å². The van der Waals surface area contributed by atoms with Crippen LogP contribution in [0, 0.1) is 11.6 Å². The molecule has 2 aromatic rings. The zero-order valence-electron chi connectivity index (χ0n) is 11.4. The van der Waals surface area contributed by atoms with Gasteiger partial charge >= 0.3 is 6.03 Å². The number of primary amides is 1. The summed E-state index contributed by atoms with van der Waals surface area (Å²) in [4.78, 5) is 13.6. The minimum atomic E-state index is -0.945. The summed E-state index contributed by atoms with van der Waals surface area (Å²) >= 11 is 0. The first-order valence-electron chi connectivity index (χ1n) is 6.52. The molecule has 0 atom stereocenters. The van der Waals surface area contributed by atoms with Crippen LogP contribution in [0.15, 0.2) is 18.2 Å². The van der Waals surface area contributed by atoms with Gasteiger partial charge in [-0.25, -0.2) is 13.6 Å². The van der Waals surface area contributed by atoms with Crippen LogP contribution in [0.1, 0.15) is 11.3 Å². The molecule has 21 heavy (non-hydrogen) atoms. The molecule has 110 valence electrons. The van der Waals surface area contributed by atoms with Crippen molar-refractivity contribution in [3.8, 4) is 11.3 Å². The SMILES string of the molecule is CN1CCc2c(c(-c3ccc(F)c(F)c3)nn2C(N)=O)C1. The first-order chi connectivity index (χ1) is 9.97. The van der Waals surface area contributed by atoms with Gasteiger partial charge in [0, 0.05) is 30.6 Å². The van der Waals surface area contributed by atoms with Crippen LogP contribution in [-0.4, -0.2) is 34.3 Å². The number of nitrogens with zero attached hydrogens (tertiary/aromatic N) is 3. The second-order valence-electron chi connectivity index (χ2n) is 5.14. The van der Waals surface area contributed by atoms with Crippen LogP contribution in [0.4, 0.5) is 13.6 Å². The lowest BCUT2D eigenvalue weighted by Gasteiger charge is -2.23. The van der Waals surface area contributed by atoms with Crippen molar-refractivity contribution in [2.45, 2.75) is 13.0 Å². The Kier molecular flexibility index (Phi) is 3.21. The lowest BCUT2D eigenvalue weighted by Crippen LogP contribution is -2.30. The van der Waals surface area contributed by atoms with Gasteiger partial charge in [-0.1, -0.05) is 0 Å². The lowest BCUT2D eigenvalue weighted by atomic mass is 10.0. The van der Waals surface area contributed by atoms with Crippen LogP contribution in [-0.2, 0) is 13.0 Å². The fraction of sp³-hybridized carbons (Fsp3) is 0.286. The van der Waals surface area contributed by atoms with Gasteiger partial charge in [-0.3, -0.25) is 0 Å². The Morgan fingerprint density at radius 2 is 2.10 bits per heavy atom. The number of likely N-dealkylation sites (N-methyl/N-ethyl adjacent to an activating group) is 1. The second kappa shape index (κ2) is 4.92. The Labute approximate surface area is 120 Å². The molecule has 0 fully saturated rings. The molecule has 3 rings (SSSR count). The molecule has 2 heterocycles. The molecular formula is C14H14F2N4O. The molecule has 1 aromatic heterocycles. The number of carbonyl (C=O) groups excluding carboxylic acids is 1. The minimum absolute atomic E-state index is 0.431. The smallest absolute Gasteiger partial charge is 0.339 e. The third-order valence-electron chi connectivity index (χ3n) is 3.65. The summed E-state index contributed by atoms with van der Waals surface area (Å²) < 4.78 is 27.6. The second-order valence-corrected chi connectivity index (χ2v) is 5.14. The van der Waals surface area contributed by atoms with Crippen molar-refractivity contribution in [2.24, 2.45) is 5.73 Å². The standard InChI is InChI=1S/C14H14F2N4O/c1-19-5-4-12-9(7-19)13(18-20(12)14(17)21)8-2-3-10(15)11(16)6-8/h2-3,6H,4-5,7H2,1H3,(H2,17,21). The van der Waals surface area contributed by atoms with E-state index in [9.17, 15) is 13.6 Å². The van der Waals surface area contributed by atoms with E-state index in [-0.39, 0.29) is 0 Å². The maximum Gasteiger partial charge on any atom is 0.339 e. The molecular weight excluding hydrogens is 278 g/mol. The van der Waals surface area contributed by atoms with E-state index >= 15 is 0 Å². The highest BCUT2D eigenvalue weighted by molar-refractivity contribution is 5.77. The number of carbonyl (C=O) groups is 1. The quantitative estimate of drug-likeness (QED) is 0.871. The average Bonchev–Trinajstić information content (AvgIpc) is 2.80. The number of nitrogens with two attached hydrogens (primary N) is 1. The zero-order chi connectivity index (χ0) is 15.1. The molecule has 1 aromatic carbocycles. The molecule has 0 unspecified atom stereocenters. The summed E-state index contributed by atoms with van der Waals surface area (Å²) in [5.41, 5.74) is 7.79. The topological polar surface area (TPSA) is 64.2 Å². The Morgan fingerprint density at radius 3 is 2.76 bits per heavy atom. The first kappa shape index (κ1) is 13.7. The number of rotatable bonds is 1. The molecule has 1 aliphatic rings. The summed E-state index contributed by atoms with van der Waals surface area (Å²) in [6.45, 7) is 1.36. The van der Waals surface area contributed by atoms with Gasteiger partial charge in [0.05, 0.1) is 11.4 Å². The van der Waals surface area contributed by atoms with E-state index in [2.05, 4.69) is 10.00 Å². The highest BCUT2D eigenvalue weighted by Gasteiger charge is 2.26. The summed E-state index contributed by atoms with van der Waals surface area (Å²) in [5, 5.41) is 4.19. The highest BCUT2D eigenvalue weighted by Crippen LogP contribution is 2.30. The van der Waals surface area contributed by atoms with Crippen molar-refractivity contribution in [3.05, 3.63) is 41.1 Å². The number of hydrogen-bond acceptors (Lipinski definition) is 3. The summed E-state index contributed by atoms with van der Waals surface area (Å²) in [7, 11) is 1.94. The predicted octanol–water partition coefficient (Wildman–Crippen LogP) is 1.74. The fourth-order valence-electron chi connectivity index (χ4n) is 2.61. The Balaban J connectivity index is 2.18. The molecule has 7 heteroatoms. The van der Waals surface area contributed by atoms with E-state index < -0.39 is 17.7 Å². The van der Waals surface area contributed by atoms with E-state index in [4.69, 9.17) is 5.73 Å². The van der Waals surface area contributed by atoms with Gasteiger partial charge in [0.2, 0.25) is 0 Å². The molecule has 0 aliphatic carbocycles. The normalized spacial score (nSPS) is 15.0. The third kappa shape index (κ3) is 2.29. The Hall–Kier alpha value is -2.28. The molecule has 2 N–H and O–H groups in total. The number of benzene rings is 1. The van der Waals surface area contributed by atoms with Crippen LogP contribution < -0.4 is 5.73 Å². The number of fused-ring (bicyclic) bond motifs is 1. The van der Waals surface area contributed by atoms with Gasteiger partial charge in [-0.15, -0.1) is 0 Å². The molecule has 0 radical (unpaired) electrons. The zero-order valence-corrected chi connectivity index (χ0v) is 11.4. The summed E-state index contributed by atoms with van der Waals surface area (Å²) in [6.07, 6.45) is 0.630. The number of amides is 1. The van der Waals surface area contributed by atoms with E-state index in [1.807, 2.05) is 7.05 Å². The molecule has 1 amide bonds. The maximum absolute atomic E-state index is 13.4. The number of hydrogen-bond donors (Lipinski definition) is 1. The van der Waals surface area contributed by atoms with Crippen LogP contribution in [0.25, 0.3) is 11.3 Å². The van der Waals surface area contributed by atoms with Gasteiger partial charge in [-0.05, 0) is 25.2 Å². The molecule has 0 bridgehead atoms. The highest BCUT2D eigenvalue weighted by atomic mass is 19.2. The predicted molar refractivity (Wildman–Crippen MR) is 72.6 cm³/mol. The van der Waals surface area contributed by atoms with E-state index in [0.717, 1.165) is 34.6 Å². The average molecular weight is 292 g/mol. The Bertz CT molecular complexity index is 726. The van der Waals surface area contributed by atoms with Crippen molar-refractivity contribution in [1.82, 2.24) is 14.7 Å².